The van der Waals surface area contributed by atoms with Gasteiger partial charge >= 0.3 is 12.1 Å². The molecular formula is C20H28INO4. The maximum Gasteiger partial charge on any atom is 0.415 e. The Kier molecular flexibility index (Phi) is 10.3. The fourth-order valence-electron chi connectivity index (χ4n) is 2.53. The van der Waals surface area contributed by atoms with Gasteiger partial charge < -0.3 is 14.4 Å². The fraction of sp³-hybridized carbons (Fsp3) is 0.500. The van der Waals surface area contributed by atoms with Crippen molar-refractivity contribution in [2.75, 3.05) is 20.2 Å². The molecule has 1 aromatic carbocycles. The third-order valence-electron chi connectivity index (χ3n) is 4.05. The van der Waals surface area contributed by atoms with E-state index < -0.39 is 5.97 Å². The molecule has 6 heteroatoms. The van der Waals surface area contributed by atoms with Crippen LogP contribution in [0.4, 0.5) is 4.79 Å². The average molecular weight is 473 g/mol. The van der Waals surface area contributed by atoms with E-state index in [1.54, 1.807) is 11.0 Å². The van der Waals surface area contributed by atoms with Crippen molar-refractivity contribution in [3.8, 4) is 5.75 Å². The quantitative estimate of drug-likeness (QED) is 0.212. The molecule has 0 spiro atoms. The smallest absolute Gasteiger partial charge is 0.415 e. The molecule has 1 aromatic rings. The molecule has 0 unspecified atom stereocenters. The minimum atomic E-state index is -0.406. The summed E-state index contributed by atoms with van der Waals surface area (Å²) in [6, 6.07) is 5.60. The van der Waals surface area contributed by atoms with Crippen LogP contribution in [-0.2, 0) is 9.53 Å². The Morgan fingerprint density at radius 3 is 2.42 bits per heavy atom. The number of methoxy groups -OCH3 is 1. The van der Waals surface area contributed by atoms with E-state index in [-0.39, 0.29) is 6.09 Å². The average Bonchev–Trinajstić information content (AvgIpc) is 2.63. The first-order valence-electron chi connectivity index (χ1n) is 9.01. The Morgan fingerprint density at radius 1 is 1.15 bits per heavy atom. The molecule has 26 heavy (non-hydrogen) atoms. The number of carbonyl (C=O) groups excluding carboxylic acids is 2. The number of hydrogen-bond acceptors (Lipinski definition) is 4. The molecule has 0 fully saturated rings. The molecule has 0 heterocycles. The minimum absolute atomic E-state index is 0.386. The lowest BCUT2D eigenvalue weighted by Crippen LogP contribution is -2.33. The Labute approximate surface area is 169 Å². The first-order valence-corrected chi connectivity index (χ1v) is 10.1. The van der Waals surface area contributed by atoms with Crippen molar-refractivity contribution in [2.24, 2.45) is 0 Å². The van der Waals surface area contributed by atoms with E-state index in [1.165, 1.54) is 13.2 Å². The molecule has 0 aliphatic carbocycles. The van der Waals surface area contributed by atoms with Crippen molar-refractivity contribution in [1.82, 2.24) is 4.90 Å². The molecule has 1 amide bonds. The molecule has 5 nitrogen and oxygen atoms in total. The van der Waals surface area contributed by atoms with Crippen LogP contribution in [0.3, 0.4) is 0 Å². The summed E-state index contributed by atoms with van der Waals surface area (Å²) in [5.41, 5.74) is 1.59. The topological polar surface area (TPSA) is 55.8 Å². The van der Waals surface area contributed by atoms with Crippen molar-refractivity contribution in [3.63, 3.8) is 0 Å². The lowest BCUT2D eigenvalue weighted by molar-refractivity contribution is -0.134. The standard InChI is InChI=1S/C20H28INO4/c1-5-8-9-10-15(13-19(23)25-4)17-14-16(21)11-12-18(17)26-20(24)22(6-2)7-3/h11-14H,5-10H2,1-4H3/b15-13+. The molecule has 0 aromatic heterocycles. The van der Waals surface area contributed by atoms with Crippen LogP contribution in [0.2, 0.25) is 0 Å². The molecule has 0 radical (unpaired) electrons. The third kappa shape index (κ3) is 6.97. The van der Waals surface area contributed by atoms with Gasteiger partial charge in [-0.25, -0.2) is 9.59 Å². The summed E-state index contributed by atoms with van der Waals surface area (Å²) in [5.74, 6) is 0.0605. The van der Waals surface area contributed by atoms with Crippen molar-refractivity contribution < 1.29 is 19.1 Å². The minimum Gasteiger partial charge on any atom is -0.466 e. The maximum atomic E-state index is 12.4. The van der Waals surface area contributed by atoms with Crippen LogP contribution in [0.15, 0.2) is 24.3 Å². The summed E-state index contributed by atoms with van der Waals surface area (Å²) in [7, 11) is 1.36. The van der Waals surface area contributed by atoms with E-state index in [0.717, 1.165) is 40.4 Å². The molecular weight excluding hydrogens is 445 g/mol. The molecule has 0 N–H and O–H groups in total. The first kappa shape index (κ1) is 22.5. The summed E-state index contributed by atoms with van der Waals surface area (Å²) in [4.78, 5) is 25.8. The van der Waals surface area contributed by atoms with Crippen LogP contribution >= 0.6 is 22.6 Å². The number of carbonyl (C=O) groups is 2. The third-order valence-corrected chi connectivity index (χ3v) is 4.72. The van der Waals surface area contributed by atoms with Gasteiger partial charge in [-0.2, -0.15) is 0 Å². The van der Waals surface area contributed by atoms with E-state index in [0.29, 0.717) is 18.8 Å². The highest BCUT2D eigenvalue weighted by atomic mass is 127. The number of unbranched alkanes of at least 4 members (excludes halogenated alkanes) is 2. The van der Waals surface area contributed by atoms with Crippen LogP contribution < -0.4 is 4.74 Å². The van der Waals surface area contributed by atoms with E-state index in [2.05, 4.69) is 29.5 Å². The number of amides is 1. The highest BCUT2D eigenvalue weighted by molar-refractivity contribution is 14.1. The van der Waals surface area contributed by atoms with Gasteiger partial charge in [0, 0.05) is 28.3 Å². The largest absolute Gasteiger partial charge is 0.466 e. The number of hydrogen-bond donors (Lipinski definition) is 0. The van der Waals surface area contributed by atoms with Crippen LogP contribution in [0.5, 0.6) is 5.75 Å². The van der Waals surface area contributed by atoms with Gasteiger partial charge in [-0.1, -0.05) is 19.8 Å². The summed E-state index contributed by atoms with van der Waals surface area (Å²) in [5, 5.41) is 0. The number of benzene rings is 1. The summed E-state index contributed by atoms with van der Waals surface area (Å²) >= 11 is 2.21. The molecule has 0 aliphatic heterocycles. The van der Waals surface area contributed by atoms with E-state index in [4.69, 9.17) is 9.47 Å². The summed E-state index contributed by atoms with van der Waals surface area (Å²) in [6.07, 6.45) is 4.94. The number of halogens is 1. The van der Waals surface area contributed by atoms with Crippen molar-refractivity contribution in [3.05, 3.63) is 33.4 Å². The molecule has 144 valence electrons. The maximum absolute atomic E-state index is 12.4. The molecule has 0 aliphatic rings. The van der Waals surface area contributed by atoms with Gasteiger partial charge in [0.25, 0.3) is 0 Å². The van der Waals surface area contributed by atoms with Crippen LogP contribution in [0, 0.1) is 3.57 Å². The van der Waals surface area contributed by atoms with Gasteiger partial charge in [0.1, 0.15) is 5.75 Å². The van der Waals surface area contributed by atoms with Gasteiger partial charge in [0.05, 0.1) is 7.11 Å². The number of nitrogens with zero attached hydrogens (tertiary/aromatic N) is 1. The zero-order valence-corrected chi connectivity index (χ0v) is 18.2. The number of allylic oxidation sites excluding steroid dienone is 1. The summed E-state index contributed by atoms with van der Waals surface area (Å²) < 4.78 is 11.4. The molecule has 0 atom stereocenters. The second-order valence-electron chi connectivity index (χ2n) is 5.83. The van der Waals surface area contributed by atoms with Crippen molar-refractivity contribution >= 4 is 40.2 Å². The van der Waals surface area contributed by atoms with Crippen LogP contribution in [0.1, 0.15) is 52.0 Å². The number of ether oxygens (including phenoxy) is 2. The van der Waals surface area contributed by atoms with E-state index in [1.807, 2.05) is 26.0 Å². The van der Waals surface area contributed by atoms with Gasteiger partial charge in [0.15, 0.2) is 0 Å². The second-order valence-corrected chi connectivity index (χ2v) is 7.08. The van der Waals surface area contributed by atoms with Gasteiger partial charge in [-0.05, 0) is 73.1 Å². The molecule has 0 bridgehead atoms. The lowest BCUT2D eigenvalue weighted by Gasteiger charge is -2.20. The molecule has 0 saturated heterocycles. The highest BCUT2D eigenvalue weighted by Crippen LogP contribution is 2.32. The van der Waals surface area contributed by atoms with Crippen LogP contribution in [0.25, 0.3) is 5.57 Å². The predicted molar refractivity (Wildman–Crippen MR) is 112 cm³/mol. The Balaban J connectivity index is 3.23. The Bertz CT molecular complexity index is 639. The Hall–Kier alpha value is -1.57. The fourth-order valence-corrected chi connectivity index (χ4v) is 3.02. The predicted octanol–water partition coefficient (Wildman–Crippen LogP) is 5.27. The summed E-state index contributed by atoms with van der Waals surface area (Å²) in [6.45, 7) is 7.11. The first-order chi connectivity index (χ1) is 12.5. The number of esters is 1. The van der Waals surface area contributed by atoms with Gasteiger partial charge in [-0.15, -0.1) is 0 Å². The second kappa shape index (κ2) is 11.9. The van der Waals surface area contributed by atoms with Crippen molar-refractivity contribution in [2.45, 2.75) is 46.5 Å². The highest BCUT2D eigenvalue weighted by Gasteiger charge is 2.17. The van der Waals surface area contributed by atoms with Gasteiger partial charge in [-0.3, -0.25) is 0 Å². The molecule has 1 rings (SSSR count). The van der Waals surface area contributed by atoms with E-state index >= 15 is 0 Å². The van der Waals surface area contributed by atoms with Crippen molar-refractivity contribution in [1.29, 1.82) is 0 Å². The van der Waals surface area contributed by atoms with Gasteiger partial charge in [0.2, 0.25) is 0 Å². The van der Waals surface area contributed by atoms with E-state index in [9.17, 15) is 9.59 Å². The van der Waals surface area contributed by atoms with Crippen LogP contribution in [-0.4, -0.2) is 37.2 Å². The zero-order valence-electron chi connectivity index (χ0n) is 16.0. The Morgan fingerprint density at radius 2 is 1.85 bits per heavy atom. The zero-order chi connectivity index (χ0) is 19.5. The monoisotopic (exact) mass is 473 g/mol. The molecule has 0 saturated carbocycles. The normalized spacial score (nSPS) is 11.2. The number of rotatable bonds is 9. The lowest BCUT2D eigenvalue weighted by atomic mass is 9.98. The SMILES string of the molecule is CCCCC/C(=C\C(=O)OC)c1cc(I)ccc1OC(=O)N(CC)CC.